The molecular weight excluding hydrogens is 252 g/mol. The lowest BCUT2D eigenvalue weighted by Gasteiger charge is -2.00. The van der Waals surface area contributed by atoms with Crippen LogP contribution in [0.1, 0.15) is 5.76 Å². The molecule has 3 aromatic rings. The average molecular weight is 261 g/mol. The smallest absolute Gasteiger partial charge is 0.362 e. The van der Waals surface area contributed by atoms with E-state index < -0.39 is 5.63 Å². The Morgan fingerprint density at radius 2 is 2.11 bits per heavy atom. The van der Waals surface area contributed by atoms with Crippen molar-refractivity contribution in [3.63, 3.8) is 0 Å². The first-order valence-electron chi connectivity index (χ1n) is 5.40. The van der Waals surface area contributed by atoms with E-state index >= 15 is 0 Å². The zero-order chi connectivity index (χ0) is 12.7. The molecule has 0 aliphatic rings. The van der Waals surface area contributed by atoms with Crippen LogP contribution in [0.25, 0.3) is 22.2 Å². The van der Waals surface area contributed by atoms with Crippen molar-refractivity contribution < 1.29 is 4.42 Å². The summed E-state index contributed by atoms with van der Waals surface area (Å²) >= 11 is 5.90. The first-order chi connectivity index (χ1) is 8.66. The molecule has 1 aromatic carbocycles. The predicted octanol–water partition coefficient (Wildman–Crippen LogP) is 3.14. The van der Waals surface area contributed by atoms with E-state index in [2.05, 4.69) is 9.97 Å². The van der Waals surface area contributed by atoms with Crippen LogP contribution in [-0.2, 0) is 0 Å². The quantitative estimate of drug-likeness (QED) is 0.731. The van der Waals surface area contributed by atoms with Gasteiger partial charge < -0.3 is 9.40 Å². The van der Waals surface area contributed by atoms with Crippen LogP contribution in [0.5, 0.6) is 0 Å². The van der Waals surface area contributed by atoms with Crippen LogP contribution in [0.15, 0.2) is 39.7 Å². The molecule has 90 valence electrons. The lowest BCUT2D eigenvalue weighted by atomic mass is 10.1. The van der Waals surface area contributed by atoms with Crippen LogP contribution in [0.2, 0.25) is 5.15 Å². The number of aromatic nitrogens is 2. The lowest BCUT2D eigenvalue weighted by Crippen LogP contribution is -2.07. The van der Waals surface area contributed by atoms with E-state index in [4.69, 9.17) is 16.0 Å². The van der Waals surface area contributed by atoms with Crippen molar-refractivity contribution >= 4 is 22.5 Å². The summed E-state index contributed by atoms with van der Waals surface area (Å²) in [6, 6.07) is 7.66. The Morgan fingerprint density at radius 3 is 2.94 bits per heavy atom. The van der Waals surface area contributed by atoms with Gasteiger partial charge in [-0.05, 0) is 13.0 Å². The van der Waals surface area contributed by atoms with E-state index in [-0.39, 0.29) is 10.8 Å². The number of rotatable bonds is 1. The molecule has 5 heteroatoms. The van der Waals surface area contributed by atoms with Gasteiger partial charge >= 0.3 is 5.63 Å². The first-order valence-corrected chi connectivity index (χ1v) is 5.78. The second-order valence-electron chi connectivity index (χ2n) is 3.94. The van der Waals surface area contributed by atoms with E-state index in [0.29, 0.717) is 11.3 Å². The van der Waals surface area contributed by atoms with Crippen molar-refractivity contribution in [3.8, 4) is 11.3 Å². The minimum Gasteiger partial charge on any atom is -0.423 e. The minimum absolute atomic E-state index is 0.204. The number of nitrogens with one attached hydrogen (secondary N) is 1. The van der Waals surface area contributed by atoms with E-state index in [1.807, 2.05) is 24.3 Å². The summed E-state index contributed by atoms with van der Waals surface area (Å²) in [5, 5.41) is 1.12. The number of hydrogen-bond acceptors (Lipinski definition) is 3. The highest BCUT2D eigenvalue weighted by atomic mass is 35.5. The molecule has 0 fully saturated rings. The molecular formula is C13H9ClN2O2. The molecule has 0 aliphatic carbocycles. The Balaban J connectivity index is 2.33. The molecule has 1 N–H and O–H groups in total. The number of para-hydroxylation sites is 1. The molecule has 2 heterocycles. The van der Waals surface area contributed by atoms with Gasteiger partial charge in [0, 0.05) is 22.7 Å². The normalized spacial score (nSPS) is 11.0. The standard InChI is InChI=1S/C13H9ClN2O2/c1-7-12(14)16-11(13(17)18-7)9-6-15-10-5-3-2-4-8(9)10/h2-6,15H,1H3. The zero-order valence-electron chi connectivity index (χ0n) is 9.53. The van der Waals surface area contributed by atoms with Gasteiger partial charge in [0.2, 0.25) is 0 Å². The fourth-order valence-electron chi connectivity index (χ4n) is 1.89. The molecule has 0 bridgehead atoms. The van der Waals surface area contributed by atoms with Crippen LogP contribution >= 0.6 is 11.6 Å². The number of hydrogen-bond donors (Lipinski definition) is 1. The highest BCUT2D eigenvalue weighted by molar-refractivity contribution is 6.30. The van der Waals surface area contributed by atoms with Crippen LogP contribution in [-0.4, -0.2) is 9.97 Å². The number of halogens is 1. The fraction of sp³-hybridized carbons (Fsp3) is 0.0769. The van der Waals surface area contributed by atoms with Gasteiger partial charge in [0.15, 0.2) is 10.8 Å². The molecule has 0 saturated heterocycles. The molecule has 0 amide bonds. The van der Waals surface area contributed by atoms with Crippen LogP contribution in [0.4, 0.5) is 0 Å². The second kappa shape index (κ2) is 3.99. The molecule has 0 saturated carbocycles. The van der Waals surface area contributed by atoms with E-state index in [9.17, 15) is 4.79 Å². The topological polar surface area (TPSA) is 58.9 Å². The Labute approximate surface area is 107 Å². The molecule has 0 spiro atoms. The Morgan fingerprint density at radius 1 is 1.33 bits per heavy atom. The highest BCUT2D eigenvalue weighted by Gasteiger charge is 2.14. The van der Waals surface area contributed by atoms with Gasteiger partial charge in [-0.15, -0.1) is 0 Å². The number of fused-ring (bicyclic) bond motifs is 1. The van der Waals surface area contributed by atoms with Gasteiger partial charge in [0.05, 0.1) is 0 Å². The molecule has 0 radical (unpaired) electrons. The molecule has 3 rings (SSSR count). The third kappa shape index (κ3) is 1.62. The van der Waals surface area contributed by atoms with Gasteiger partial charge in [-0.3, -0.25) is 0 Å². The summed E-state index contributed by atoms with van der Waals surface area (Å²) < 4.78 is 5.05. The molecule has 4 nitrogen and oxygen atoms in total. The van der Waals surface area contributed by atoms with E-state index in [1.54, 1.807) is 13.1 Å². The third-order valence-corrected chi connectivity index (χ3v) is 3.13. The fourth-order valence-corrected chi connectivity index (χ4v) is 2.01. The third-order valence-electron chi connectivity index (χ3n) is 2.78. The number of benzene rings is 1. The highest BCUT2D eigenvalue weighted by Crippen LogP contribution is 2.26. The maximum absolute atomic E-state index is 11.8. The summed E-state index contributed by atoms with van der Waals surface area (Å²) in [5.74, 6) is 0.324. The summed E-state index contributed by atoms with van der Waals surface area (Å²) in [6.45, 7) is 1.61. The second-order valence-corrected chi connectivity index (χ2v) is 4.30. The monoisotopic (exact) mass is 260 g/mol. The summed E-state index contributed by atoms with van der Waals surface area (Å²) in [4.78, 5) is 19.0. The minimum atomic E-state index is -0.485. The van der Waals surface area contributed by atoms with Crippen molar-refractivity contribution in [3.05, 3.63) is 51.8 Å². The number of aryl methyl sites for hydroxylation is 1. The van der Waals surface area contributed by atoms with Crippen molar-refractivity contribution in [1.82, 2.24) is 9.97 Å². The largest absolute Gasteiger partial charge is 0.423 e. The van der Waals surface area contributed by atoms with Gasteiger partial charge in [0.1, 0.15) is 5.76 Å². The average Bonchev–Trinajstić information content (AvgIpc) is 2.78. The Kier molecular flexibility index (Phi) is 2.45. The summed E-state index contributed by atoms with van der Waals surface area (Å²) in [5.41, 5.74) is 1.37. The predicted molar refractivity (Wildman–Crippen MR) is 69.8 cm³/mol. The summed E-state index contributed by atoms with van der Waals surface area (Å²) in [7, 11) is 0. The maximum Gasteiger partial charge on any atom is 0.362 e. The lowest BCUT2D eigenvalue weighted by molar-refractivity contribution is 0.475. The maximum atomic E-state index is 11.8. The Bertz CT molecular complexity index is 789. The van der Waals surface area contributed by atoms with E-state index in [0.717, 1.165) is 10.9 Å². The Hall–Kier alpha value is -2.07. The van der Waals surface area contributed by atoms with Gasteiger partial charge in [-0.25, -0.2) is 9.78 Å². The van der Waals surface area contributed by atoms with E-state index in [1.165, 1.54) is 0 Å². The molecule has 2 aromatic heterocycles. The van der Waals surface area contributed by atoms with Crippen molar-refractivity contribution in [2.75, 3.05) is 0 Å². The number of nitrogens with zero attached hydrogens (tertiary/aromatic N) is 1. The van der Waals surface area contributed by atoms with Crippen LogP contribution < -0.4 is 5.63 Å². The SMILES string of the molecule is Cc1oc(=O)c(-c2c[nH]c3ccccc23)nc1Cl. The van der Waals surface area contributed by atoms with Crippen LogP contribution in [0, 0.1) is 6.92 Å². The molecule has 0 atom stereocenters. The molecule has 0 unspecified atom stereocenters. The van der Waals surface area contributed by atoms with Crippen molar-refractivity contribution in [2.24, 2.45) is 0 Å². The first kappa shape index (κ1) is 11.0. The van der Waals surface area contributed by atoms with Gasteiger partial charge in [-0.2, -0.15) is 0 Å². The molecule has 0 aliphatic heterocycles. The van der Waals surface area contributed by atoms with Crippen molar-refractivity contribution in [1.29, 1.82) is 0 Å². The summed E-state index contributed by atoms with van der Waals surface area (Å²) in [6.07, 6.45) is 1.73. The zero-order valence-corrected chi connectivity index (χ0v) is 10.3. The van der Waals surface area contributed by atoms with Crippen molar-refractivity contribution in [2.45, 2.75) is 6.92 Å². The molecule has 18 heavy (non-hydrogen) atoms. The van der Waals surface area contributed by atoms with Crippen LogP contribution in [0.3, 0.4) is 0 Å². The number of H-pyrrole nitrogens is 1. The van der Waals surface area contributed by atoms with Gasteiger partial charge in [-0.1, -0.05) is 29.8 Å². The van der Waals surface area contributed by atoms with Gasteiger partial charge in [0.25, 0.3) is 0 Å². The number of aromatic amines is 1.